The molecule has 0 aromatic heterocycles. The summed E-state index contributed by atoms with van der Waals surface area (Å²) in [6, 6.07) is 7.05. The van der Waals surface area contributed by atoms with Gasteiger partial charge in [-0.3, -0.25) is 0 Å². The summed E-state index contributed by atoms with van der Waals surface area (Å²) in [4.78, 5) is 0. The van der Waals surface area contributed by atoms with E-state index in [2.05, 4.69) is 31.3 Å². The summed E-state index contributed by atoms with van der Waals surface area (Å²) in [6.45, 7) is 4.94. The number of fused-ring (bicyclic) bond motifs is 1. The standard InChI is InChI=1S/C17H24ClNO/c1-17(2)9-11-6-7-13(18)8-14(11)16(17)19-15-5-3-4-12(15)10-20/h6-8,12,15-16,19-20H,3-5,9-10H2,1-2H3. The molecule has 0 amide bonds. The van der Waals surface area contributed by atoms with Gasteiger partial charge in [-0.2, -0.15) is 0 Å². The summed E-state index contributed by atoms with van der Waals surface area (Å²) in [6.07, 6.45) is 4.63. The van der Waals surface area contributed by atoms with Gasteiger partial charge < -0.3 is 10.4 Å². The Morgan fingerprint density at radius 3 is 2.90 bits per heavy atom. The molecule has 0 bridgehead atoms. The predicted molar refractivity (Wildman–Crippen MR) is 83.0 cm³/mol. The fourth-order valence-corrected chi connectivity index (χ4v) is 4.19. The topological polar surface area (TPSA) is 32.3 Å². The molecular weight excluding hydrogens is 270 g/mol. The van der Waals surface area contributed by atoms with Gasteiger partial charge in [0, 0.05) is 23.7 Å². The van der Waals surface area contributed by atoms with Crippen LogP contribution in [0.4, 0.5) is 0 Å². The highest BCUT2D eigenvalue weighted by Gasteiger charge is 2.41. The zero-order valence-electron chi connectivity index (χ0n) is 12.3. The zero-order valence-corrected chi connectivity index (χ0v) is 13.1. The van der Waals surface area contributed by atoms with Gasteiger partial charge in [-0.25, -0.2) is 0 Å². The first kappa shape index (κ1) is 14.4. The van der Waals surface area contributed by atoms with Crippen LogP contribution in [0.5, 0.6) is 0 Å². The number of benzene rings is 1. The largest absolute Gasteiger partial charge is 0.396 e. The Morgan fingerprint density at radius 1 is 1.35 bits per heavy atom. The Balaban J connectivity index is 1.86. The highest BCUT2D eigenvalue weighted by atomic mass is 35.5. The Kier molecular flexibility index (Phi) is 3.83. The van der Waals surface area contributed by atoms with Crippen LogP contribution in [0.2, 0.25) is 5.02 Å². The molecule has 1 fully saturated rings. The molecule has 2 aliphatic rings. The van der Waals surface area contributed by atoms with E-state index in [1.807, 2.05) is 6.07 Å². The second-order valence-electron chi connectivity index (χ2n) is 7.09. The molecule has 3 heteroatoms. The van der Waals surface area contributed by atoms with Gasteiger partial charge in [0.25, 0.3) is 0 Å². The van der Waals surface area contributed by atoms with E-state index < -0.39 is 0 Å². The van der Waals surface area contributed by atoms with Crippen LogP contribution in [0, 0.1) is 11.3 Å². The third-order valence-corrected chi connectivity index (χ3v) is 5.36. The van der Waals surface area contributed by atoms with Crippen molar-refractivity contribution in [1.29, 1.82) is 0 Å². The lowest BCUT2D eigenvalue weighted by Crippen LogP contribution is -2.41. The molecule has 2 N–H and O–H groups in total. The molecule has 20 heavy (non-hydrogen) atoms. The number of aliphatic hydroxyl groups is 1. The van der Waals surface area contributed by atoms with Gasteiger partial charge in [-0.1, -0.05) is 37.9 Å². The first-order valence-electron chi connectivity index (χ1n) is 7.66. The van der Waals surface area contributed by atoms with Gasteiger partial charge >= 0.3 is 0 Å². The quantitative estimate of drug-likeness (QED) is 0.890. The maximum Gasteiger partial charge on any atom is 0.0474 e. The van der Waals surface area contributed by atoms with E-state index >= 15 is 0 Å². The number of aliphatic hydroxyl groups excluding tert-OH is 1. The van der Waals surface area contributed by atoms with Crippen LogP contribution in [-0.4, -0.2) is 17.8 Å². The van der Waals surface area contributed by atoms with Crippen molar-refractivity contribution in [3.05, 3.63) is 34.3 Å². The fraction of sp³-hybridized carbons (Fsp3) is 0.647. The minimum Gasteiger partial charge on any atom is -0.396 e. The van der Waals surface area contributed by atoms with Crippen molar-refractivity contribution in [1.82, 2.24) is 5.32 Å². The van der Waals surface area contributed by atoms with Crippen LogP contribution in [0.3, 0.4) is 0 Å². The summed E-state index contributed by atoms with van der Waals surface area (Å²) in [5, 5.41) is 14.2. The van der Waals surface area contributed by atoms with Gasteiger partial charge in [0.1, 0.15) is 0 Å². The minimum absolute atomic E-state index is 0.204. The lowest BCUT2D eigenvalue weighted by atomic mass is 9.84. The number of hydrogen-bond donors (Lipinski definition) is 2. The molecule has 0 spiro atoms. The van der Waals surface area contributed by atoms with Gasteiger partial charge in [-0.15, -0.1) is 0 Å². The van der Waals surface area contributed by atoms with Crippen molar-refractivity contribution in [2.24, 2.45) is 11.3 Å². The molecule has 0 aliphatic heterocycles. The number of rotatable bonds is 3. The van der Waals surface area contributed by atoms with Crippen LogP contribution in [0.25, 0.3) is 0 Å². The minimum atomic E-state index is 0.204. The maximum atomic E-state index is 9.52. The summed E-state index contributed by atoms with van der Waals surface area (Å²) in [5.41, 5.74) is 2.97. The third-order valence-electron chi connectivity index (χ3n) is 5.12. The van der Waals surface area contributed by atoms with E-state index in [9.17, 15) is 5.11 Å². The predicted octanol–water partition coefficient (Wildman–Crippen LogP) is 3.71. The monoisotopic (exact) mass is 293 g/mol. The van der Waals surface area contributed by atoms with Crippen molar-refractivity contribution in [2.45, 2.75) is 51.6 Å². The van der Waals surface area contributed by atoms with E-state index in [4.69, 9.17) is 11.6 Å². The average molecular weight is 294 g/mol. The van der Waals surface area contributed by atoms with Crippen molar-refractivity contribution in [3.63, 3.8) is 0 Å². The maximum absolute atomic E-state index is 9.52. The Bertz CT molecular complexity index is 500. The van der Waals surface area contributed by atoms with Crippen molar-refractivity contribution < 1.29 is 5.11 Å². The first-order valence-corrected chi connectivity index (χ1v) is 8.04. The van der Waals surface area contributed by atoms with Gasteiger partial charge in [0.05, 0.1) is 0 Å². The molecule has 110 valence electrons. The van der Waals surface area contributed by atoms with Crippen molar-refractivity contribution >= 4 is 11.6 Å². The SMILES string of the molecule is CC1(C)Cc2ccc(Cl)cc2C1NC1CCCC1CO. The molecule has 0 saturated heterocycles. The van der Waals surface area contributed by atoms with E-state index in [1.165, 1.54) is 24.0 Å². The zero-order chi connectivity index (χ0) is 14.3. The van der Waals surface area contributed by atoms with Crippen molar-refractivity contribution in [2.75, 3.05) is 6.61 Å². The number of nitrogens with one attached hydrogen (secondary N) is 1. The third kappa shape index (κ3) is 2.49. The van der Waals surface area contributed by atoms with Crippen molar-refractivity contribution in [3.8, 4) is 0 Å². The van der Waals surface area contributed by atoms with Crippen LogP contribution in [0.1, 0.15) is 50.3 Å². The van der Waals surface area contributed by atoms with Crippen LogP contribution >= 0.6 is 11.6 Å². The normalized spacial score (nSPS) is 31.5. The molecule has 2 nitrogen and oxygen atoms in total. The van der Waals surface area contributed by atoms with E-state index in [0.717, 1.165) is 17.9 Å². The van der Waals surface area contributed by atoms with E-state index in [0.29, 0.717) is 24.6 Å². The summed E-state index contributed by atoms with van der Waals surface area (Å²) >= 11 is 6.19. The van der Waals surface area contributed by atoms with E-state index in [-0.39, 0.29) is 5.41 Å². The van der Waals surface area contributed by atoms with Gasteiger partial charge in [0.2, 0.25) is 0 Å². The molecule has 2 aliphatic carbocycles. The van der Waals surface area contributed by atoms with Gasteiger partial charge in [-0.05, 0) is 53.9 Å². The molecular formula is C17H24ClNO. The molecule has 3 unspecified atom stereocenters. The summed E-state index contributed by atoms with van der Waals surface area (Å²) < 4.78 is 0. The van der Waals surface area contributed by atoms with E-state index in [1.54, 1.807) is 0 Å². The second kappa shape index (κ2) is 5.32. The molecule has 3 rings (SSSR count). The highest BCUT2D eigenvalue weighted by Crippen LogP contribution is 2.47. The Morgan fingerprint density at radius 2 is 2.15 bits per heavy atom. The molecule has 0 heterocycles. The fourth-order valence-electron chi connectivity index (χ4n) is 4.01. The van der Waals surface area contributed by atoms with Crippen LogP contribution in [0.15, 0.2) is 18.2 Å². The molecule has 1 saturated carbocycles. The Labute approximate surface area is 126 Å². The lowest BCUT2D eigenvalue weighted by molar-refractivity contribution is 0.176. The lowest BCUT2D eigenvalue weighted by Gasteiger charge is -2.33. The highest BCUT2D eigenvalue weighted by molar-refractivity contribution is 6.30. The number of hydrogen-bond acceptors (Lipinski definition) is 2. The Hall–Kier alpha value is -0.570. The second-order valence-corrected chi connectivity index (χ2v) is 7.52. The van der Waals surface area contributed by atoms with Crippen LogP contribution in [-0.2, 0) is 6.42 Å². The van der Waals surface area contributed by atoms with Crippen LogP contribution < -0.4 is 5.32 Å². The molecule has 1 aromatic carbocycles. The molecule has 3 atom stereocenters. The smallest absolute Gasteiger partial charge is 0.0474 e. The molecule has 1 aromatic rings. The average Bonchev–Trinajstić information content (AvgIpc) is 2.93. The van der Waals surface area contributed by atoms with Gasteiger partial charge in [0.15, 0.2) is 0 Å². The molecule has 0 radical (unpaired) electrons. The summed E-state index contributed by atoms with van der Waals surface area (Å²) in [7, 11) is 0. The number of halogens is 1. The summed E-state index contributed by atoms with van der Waals surface area (Å²) in [5.74, 6) is 0.411. The first-order chi connectivity index (χ1) is 9.51.